The van der Waals surface area contributed by atoms with Crippen molar-refractivity contribution in [3.63, 3.8) is 0 Å². The number of hydrogen-bond donors (Lipinski definition) is 0. The number of pyridine rings is 4. The van der Waals surface area contributed by atoms with Crippen molar-refractivity contribution in [1.82, 2.24) is 19.9 Å². The fraction of sp³-hybridized carbons (Fsp3) is 0.243. The number of rotatable bonds is 10. The summed E-state index contributed by atoms with van der Waals surface area (Å²) in [6.45, 7) is 24.6. The SMILES string of the molecule is CC1(C)OB(B2OC(C)(C)C(C)(C)O2)OC1(C)C.CC1(C)OB(c2cc(-c3cccc(-c4cccnc4)c3)cc(-c3cccc(-c4cccnc4)c3)c2)OC1(C)C.Clc1cc(-c2cccc(-c3cccnc3)c2)cc(-c2cccc(-c3cccnc3)c2)c1.[HH]. The Morgan fingerprint density at radius 1 is 0.273 bits per heavy atom. The minimum absolute atomic E-state index is 0. The molecule has 0 spiro atoms. The first-order valence-electron chi connectivity index (χ1n) is 30.0. The molecule has 10 nitrogen and oxygen atoms in total. The summed E-state index contributed by atoms with van der Waals surface area (Å²) in [6, 6.07) is 63.1. The smallest absolute Gasteiger partial charge is 0.405 e. The van der Waals surface area contributed by atoms with Gasteiger partial charge in [0, 0.05) is 78.3 Å². The number of benzene rings is 6. The maximum Gasteiger partial charge on any atom is 0.494 e. The molecule has 3 aliphatic heterocycles. The predicted octanol–water partition coefficient (Wildman–Crippen LogP) is 17.7. The average Bonchev–Trinajstić information content (AvgIpc) is 3.34. The molecule has 0 amide bonds. The lowest BCUT2D eigenvalue weighted by Crippen LogP contribution is -2.41. The van der Waals surface area contributed by atoms with E-state index in [4.69, 9.17) is 39.5 Å². The fourth-order valence-corrected chi connectivity index (χ4v) is 10.9. The average molecular weight is 1190 g/mol. The van der Waals surface area contributed by atoms with Gasteiger partial charge in [-0.15, -0.1) is 0 Å². The Hall–Kier alpha value is -7.84. The van der Waals surface area contributed by atoms with Gasteiger partial charge in [0.15, 0.2) is 0 Å². The summed E-state index contributed by atoms with van der Waals surface area (Å²) < 4.78 is 36.8. The minimum atomic E-state index is -0.476. The van der Waals surface area contributed by atoms with Gasteiger partial charge in [-0.05, 0) is 228 Å². The molecule has 3 aliphatic rings. The van der Waals surface area contributed by atoms with Crippen LogP contribution < -0.4 is 5.46 Å². The first-order valence-corrected chi connectivity index (χ1v) is 30.4. The molecule has 444 valence electrons. The van der Waals surface area contributed by atoms with E-state index in [1.807, 2.05) is 117 Å². The van der Waals surface area contributed by atoms with E-state index in [-0.39, 0.29) is 23.8 Å². The van der Waals surface area contributed by atoms with Crippen molar-refractivity contribution in [2.45, 2.75) is 117 Å². The van der Waals surface area contributed by atoms with Crippen LogP contribution in [0, 0.1) is 0 Å². The highest BCUT2D eigenvalue weighted by Gasteiger charge is 2.64. The molecule has 10 aromatic rings. The quantitative estimate of drug-likeness (QED) is 0.123. The summed E-state index contributed by atoms with van der Waals surface area (Å²) in [5, 5.41) is 0.714. The first kappa shape index (κ1) is 61.8. The third-order valence-electron chi connectivity index (χ3n) is 17.9. The summed E-state index contributed by atoms with van der Waals surface area (Å²) in [7, 11) is -1.41. The van der Waals surface area contributed by atoms with Crippen molar-refractivity contribution >= 4 is 38.2 Å². The van der Waals surface area contributed by atoms with Gasteiger partial charge in [-0.2, -0.15) is 0 Å². The van der Waals surface area contributed by atoms with E-state index in [2.05, 4.69) is 193 Å². The highest BCUT2D eigenvalue weighted by atomic mass is 35.5. The second-order valence-electron chi connectivity index (χ2n) is 25.7. The highest BCUT2D eigenvalue weighted by Crippen LogP contribution is 2.44. The summed E-state index contributed by atoms with van der Waals surface area (Å²) in [5.74, 6) is 0. The lowest BCUT2D eigenvalue weighted by atomic mass is 9.49. The third kappa shape index (κ3) is 13.6. The zero-order valence-electron chi connectivity index (χ0n) is 52.3. The monoisotopic (exact) mass is 1180 g/mol. The summed E-state index contributed by atoms with van der Waals surface area (Å²) in [6.07, 6.45) is 14.7. The second kappa shape index (κ2) is 25.0. The van der Waals surface area contributed by atoms with Crippen LogP contribution in [0.15, 0.2) is 232 Å². The molecular formula is C74H76B3ClN4O6. The van der Waals surface area contributed by atoms with Crippen LogP contribution in [0.2, 0.25) is 5.02 Å². The molecule has 0 saturated carbocycles. The summed E-state index contributed by atoms with van der Waals surface area (Å²) >= 11 is 6.54. The van der Waals surface area contributed by atoms with Crippen LogP contribution in [0.5, 0.6) is 0 Å². The highest BCUT2D eigenvalue weighted by molar-refractivity contribution is 7.11. The maximum absolute atomic E-state index is 6.54. The van der Waals surface area contributed by atoms with E-state index < -0.39 is 32.3 Å². The fourth-order valence-electron chi connectivity index (χ4n) is 10.7. The lowest BCUT2D eigenvalue weighted by Gasteiger charge is -2.32. The van der Waals surface area contributed by atoms with Crippen LogP contribution >= 0.6 is 11.6 Å². The van der Waals surface area contributed by atoms with Crippen molar-refractivity contribution in [3.05, 3.63) is 237 Å². The van der Waals surface area contributed by atoms with Crippen molar-refractivity contribution in [2.24, 2.45) is 0 Å². The van der Waals surface area contributed by atoms with E-state index in [9.17, 15) is 0 Å². The minimum Gasteiger partial charge on any atom is -0.405 e. The Labute approximate surface area is 527 Å². The Morgan fingerprint density at radius 2 is 0.489 bits per heavy atom. The van der Waals surface area contributed by atoms with Crippen LogP contribution in [0.1, 0.15) is 84.5 Å². The Bertz CT molecular complexity index is 3780. The van der Waals surface area contributed by atoms with Gasteiger partial charge in [-0.25, -0.2) is 0 Å². The molecular weight excluding hydrogens is 1110 g/mol. The van der Waals surface area contributed by atoms with Crippen molar-refractivity contribution < 1.29 is 29.4 Å². The van der Waals surface area contributed by atoms with Crippen molar-refractivity contribution in [3.8, 4) is 89.0 Å². The summed E-state index contributed by atoms with van der Waals surface area (Å²) in [5.41, 5.74) is 16.5. The molecule has 13 rings (SSSR count). The molecule has 14 heteroatoms. The molecule has 88 heavy (non-hydrogen) atoms. The van der Waals surface area contributed by atoms with Gasteiger partial charge >= 0.3 is 21.1 Å². The topological polar surface area (TPSA) is 107 Å². The number of halogens is 1. The van der Waals surface area contributed by atoms with E-state index in [1.165, 1.54) is 0 Å². The zero-order valence-corrected chi connectivity index (χ0v) is 53.0. The van der Waals surface area contributed by atoms with Gasteiger partial charge in [0.2, 0.25) is 0 Å². The van der Waals surface area contributed by atoms with Gasteiger partial charge in [-0.1, -0.05) is 121 Å². The van der Waals surface area contributed by atoms with Gasteiger partial charge in [-0.3, -0.25) is 19.9 Å². The molecule has 0 radical (unpaired) electrons. The van der Waals surface area contributed by atoms with Crippen LogP contribution in [-0.2, 0) is 27.9 Å². The molecule has 0 N–H and O–H groups in total. The van der Waals surface area contributed by atoms with Crippen LogP contribution in [0.25, 0.3) is 89.0 Å². The number of nitrogens with zero attached hydrogens (tertiary/aromatic N) is 4. The lowest BCUT2D eigenvalue weighted by molar-refractivity contribution is 0.00578. The maximum atomic E-state index is 6.54. The van der Waals surface area contributed by atoms with Crippen molar-refractivity contribution in [1.29, 1.82) is 0 Å². The van der Waals surface area contributed by atoms with Gasteiger partial charge in [0.1, 0.15) is 0 Å². The van der Waals surface area contributed by atoms with E-state index >= 15 is 0 Å². The molecule has 7 heterocycles. The zero-order chi connectivity index (χ0) is 62.1. The molecule has 3 fully saturated rings. The van der Waals surface area contributed by atoms with Gasteiger partial charge in [0.25, 0.3) is 0 Å². The molecule has 0 unspecified atom stereocenters. The second-order valence-corrected chi connectivity index (χ2v) is 26.1. The molecule has 0 bridgehead atoms. The van der Waals surface area contributed by atoms with E-state index in [0.717, 1.165) is 94.5 Å². The van der Waals surface area contributed by atoms with Gasteiger partial charge in [0.05, 0.1) is 33.6 Å². The molecule has 0 aliphatic carbocycles. The standard InChI is InChI=1S/C34H31BN2O2.C28H19ClN2.C12H24B2O4.H2/c1-33(2)34(3,4)39-35(38-33)32-20-30(26-11-5-9-24(17-26)28-13-7-15-36-22-28)19-31(21-32)27-12-6-10-25(18-27)29-14-8-16-37-23-29;29-28-16-26(22-7-1-5-20(13-22)24-9-3-11-30-18-24)15-27(17-28)23-8-2-6-21(14-23)25-10-4-12-31-19-25;1-9(2)10(3,4)16-13(15-9)14-17-11(5,6)12(7,8)18-14;/h5-23H,1-4H3;1-19H;1-8H3;1H. The van der Waals surface area contributed by atoms with E-state index in [0.29, 0.717) is 5.02 Å². The third-order valence-corrected chi connectivity index (χ3v) is 18.1. The molecule has 4 aromatic heterocycles. The largest absolute Gasteiger partial charge is 0.494 e. The number of aromatic nitrogens is 4. The van der Waals surface area contributed by atoms with E-state index in [1.54, 1.807) is 24.8 Å². The summed E-state index contributed by atoms with van der Waals surface area (Å²) in [4.78, 5) is 17.1. The van der Waals surface area contributed by atoms with Crippen LogP contribution in [0.3, 0.4) is 0 Å². The Kier molecular flexibility index (Phi) is 17.5. The first-order chi connectivity index (χ1) is 41.9. The van der Waals surface area contributed by atoms with Gasteiger partial charge < -0.3 is 27.9 Å². The van der Waals surface area contributed by atoms with Crippen LogP contribution in [-0.4, -0.2) is 74.7 Å². The molecule has 0 atom stereocenters. The Balaban J connectivity index is 0.000000156. The number of hydrogen-bond acceptors (Lipinski definition) is 10. The predicted molar refractivity (Wildman–Crippen MR) is 363 cm³/mol. The normalized spacial score (nSPS) is 17.4. The molecule has 6 aromatic carbocycles. The molecule has 3 saturated heterocycles. The van der Waals surface area contributed by atoms with Crippen LogP contribution in [0.4, 0.5) is 0 Å². The Morgan fingerprint density at radius 3 is 0.739 bits per heavy atom. The van der Waals surface area contributed by atoms with Crippen molar-refractivity contribution in [2.75, 3.05) is 0 Å².